The second-order valence-corrected chi connectivity index (χ2v) is 4.37. The Bertz CT molecular complexity index is 379. The molecular weight excluding hydrogens is 208 g/mol. The molecule has 3 heteroatoms. The zero-order valence-electron chi connectivity index (χ0n) is 9.29. The summed E-state index contributed by atoms with van der Waals surface area (Å²) in [6.45, 7) is 1.01. The number of pyridine rings is 1. The van der Waals surface area contributed by atoms with E-state index in [4.69, 9.17) is 0 Å². The van der Waals surface area contributed by atoms with E-state index in [0.29, 0.717) is 19.3 Å². The van der Waals surface area contributed by atoms with E-state index < -0.39 is 11.8 Å². The average molecular weight is 223 g/mol. The van der Waals surface area contributed by atoms with Crippen LogP contribution in [0.3, 0.4) is 0 Å². The van der Waals surface area contributed by atoms with Crippen molar-refractivity contribution in [2.45, 2.75) is 32.1 Å². The Labute approximate surface area is 94.2 Å². The smallest absolute Gasteiger partial charge is 0.248 e. The summed E-state index contributed by atoms with van der Waals surface area (Å²) in [7, 11) is 0. The second-order valence-electron chi connectivity index (χ2n) is 4.37. The van der Waals surface area contributed by atoms with Gasteiger partial charge in [-0.25, -0.2) is 8.78 Å². The maximum atomic E-state index is 13.1. The second kappa shape index (κ2) is 4.32. The molecule has 1 aromatic heterocycles. The van der Waals surface area contributed by atoms with Crippen LogP contribution in [0.15, 0.2) is 30.5 Å². The van der Waals surface area contributed by atoms with E-state index in [0.717, 1.165) is 18.2 Å². The van der Waals surface area contributed by atoms with Gasteiger partial charge < -0.3 is 0 Å². The van der Waals surface area contributed by atoms with E-state index in [-0.39, 0.29) is 0 Å². The van der Waals surface area contributed by atoms with Gasteiger partial charge in [-0.05, 0) is 43.9 Å². The fraction of sp³-hybridized carbons (Fsp3) is 0.462. The molecule has 86 valence electrons. The predicted molar refractivity (Wildman–Crippen MR) is 60.2 cm³/mol. The van der Waals surface area contributed by atoms with Crippen molar-refractivity contribution in [2.24, 2.45) is 5.92 Å². The number of aromatic nitrogens is 1. The third-order valence-corrected chi connectivity index (χ3v) is 3.12. The molecule has 1 nitrogen and oxygen atoms in total. The zero-order valence-corrected chi connectivity index (χ0v) is 9.29. The molecule has 0 radical (unpaired) electrons. The van der Waals surface area contributed by atoms with Crippen molar-refractivity contribution in [3.8, 4) is 0 Å². The Morgan fingerprint density at radius 2 is 2.19 bits per heavy atom. The minimum Gasteiger partial charge on any atom is -0.257 e. The van der Waals surface area contributed by atoms with Gasteiger partial charge in [0.05, 0.1) is 5.69 Å². The van der Waals surface area contributed by atoms with Crippen LogP contribution in [0.2, 0.25) is 0 Å². The van der Waals surface area contributed by atoms with Gasteiger partial charge in [0, 0.05) is 12.1 Å². The van der Waals surface area contributed by atoms with Crippen molar-refractivity contribution in [1.82, 2.24) is 4.98 Å². The van der Waals surface area contributed by atoms with Crippen LogP contribution in [-0.2, 0) is 0 Å². The van der Waals surface area contributed by atoms with Crippen molar-refractivity contribution < 1.29 is 8.78 Å². The lowest BCUT2D eigenvalue weighted by Crippen LogP contribution is -2.25. The lowest BCUT2D eigenvalue weighted by Gasteiger charge is -2.26. The quantitative estimate of drug-likeness (QED) is 0.740. The highest BCUT2D eigenvalue weighted by molar-refractivity contribution is 5.63. The van der Waals surface area contributed by atoms with Gasteiger partial charge in [0.15, 0.2) is 0 Å². The van der Waals surface area contributed by atoms with Crippen LogP contribution >= 0.6 is 0 Å². The van der Waals surface area contributed by atoms with Crippen LogP contribution in [0.5, 0.6) is 0 Å². The SMILES string of the molecule is CC(F)(F)C1CC=C(c2ccccn2)CC1. The van der Waals surface area contributed by atoms with E-state index in [2.05, 4.69) is 4.98 Å². The molecule has 0 saturated heterocycles. The molecule has 1 unspecified atom stereocenters. The number of hydrogen-bond acceptors (Lipinski definition) is 1. The summed E-state index contributed by atoms with van der Waals surface area (Å²) in [5.74, 6) is -3.08. The largest absolute Gasteiger partial charge is 0.257 e. The summed E-state index contributed by atoms with van der Waals surface area (Å²) >= 11 is 0. The normalized spacial score (nSPS) is 21.7. The van der Waals surface area contributed by atoms with E-state index in [9.17, 15) is 8.78 Å². The van der Waals surface area contributed by atoms with Crippen molar-refractivity contribution in [1.29, 1.82) is 0 Å². The molecule has 16 heavy (non-hydrogen) atoms. The first-order chi connectivity index (χ1) is 7.57. The van der Waals surface area contributed by atoms with Crippen LogP contribution in [0, 0.1) is 5.92 Å². The monoisotopic (exact) mass is 223 g/mol. The minimum atomic E-state index is -2.56. The molecule has 1 atom stereocenters. The van der Waals surface area contributed by atoms with Crippen LogP contribution in [0.4, 0.5) is 8.78 Å². The number of allylic oxidation sites excluding steroid dienone is 2. The lowest BCUT2D eigenvalue weighted by molar-refractivity contribution is -0.0421. The molecule has 2 rings (SSSR count). The average Bonchev–Trinajstić information content (AvgIpc) is 2.29. The zero-order chi connectivity index (χ0) is 11.6. The van der Waals surface area contributed by atoms with Gasteiger partial charge in [0.2, 0.25) is 5.92 Å². The number of alkyl halides is 2. The highest BCUT2D eigenvalue weighted by Gasteiger charge is 2.34. The van der Waals surface area contributed by atoms with Crippen molar-refractivity contribution in [3.63, 3.8) is 0 Å². The van der Waals surface area contributed by atoms with Crippen molar-refractivity contribution in [3.05, 3.63) is 36.2 Å². The van der Waals surface area contributed by atoms with Gasteiger partial charge in [-0.15, -0.1) is 0 Å². The molecular formula is C13H15F2N. The topological polar surface area (TPSA) is 12.9 Å². The van der Waals surface area contributed by atoms with Crippen LogP contribution < -0.4 is 0 Å². The molecule has 1 aliphatic carbocycles. The van der Waals surface area contributed by atoms with Crippen LogP contribution in [-0.4, -0.2) is 10.9 Å². The Morgan fingerprint density at radius 1 is 1.38 bits per heavy atom. The summed E-state index contributed by atoms with van der Waals surface area (Å²) in [6, 6.07) is 5.70. The summed E-state index contributed by atoms with van der Waals surface area (Å²) in [6.07, 6.45) is 5.34. The Morgan fingerprint density at radius 3 is 2.69 bits per heavy atom. The third-order valence-electron chi connectivity index (χ3n) is 3.12. The molecule has 0 amide bonds. The highest BCUT2D eigenvalue weighted by atomic mass is 19.3. The maximum absolute atomic E-state index is 13.1. The highest BCUT2D eigenvalue weighted by Crippen LogP contribution is 2.37. The van der Waals surface area contributed by atoms with Gasteiger partial charge in [-0.1, -0.05) is 12.1 Å². The summed E-state index contributed by atoms with van der Waals surface area (Å²) in [5, 5.41) is 0. The number of nitrogens with zero attached hydrogens (tertiary/aromatic N) is 1. The lowest BCUT2D eigenvalue weighted by atomic mass is 9.85. The third kappa shape index (κ3) is 2.46. The van der Waals surface area contributed by atoms with Gasteiger partial charge in [0.1, 0.15) is 0 Å². The molecule has 0 bridgehead atoms. The first-order valence-electron chi connectivity index (χ1n) is 5.55. The fourth-order valence-electron chi connectivity index (χ4n) is 2.08. The maximum Gasteiger partial charge on any atom is 0.248 e. The first kappa shape index (κ1) is 11.2. The fourth-order valence-corrected chi connectivity index (χ4v) is 2.08. The molecule has 1 aliphatic rings. The summed E-state index contributed by atoms with van der Waals surface area (Å²) < 4.78 is 26.2. The summed E-state index contributed by atoms with van der Waals surface area (Å²) in [4.78, 5) is 4.23. The molecule has 1 aromatic rings. The molecule has 0 saturated carbocycles. The molecule has 0 aromatic carbocycles. The van der Waals surface area contributed by atoms with Gasteiger partial charge in [-0.3, -0.25) is 4.98 Å². The van der Waals surface area contributed by atoms with E-state index in [1.54, 1.807) is 6.20 Å². The predicted octanol–water partition coefficient (Wildman–Crippen LogP) is 3.92. The summed E-state index contributed by atoms with van der Waals surface area (Å²) in [5.41, 5.74) is 2.02. The number of hydrogen-bond donors (Lipinski definition) is 0. The van der Waals surface area contributed by atoms with Gasteiger partial charge in [-0.2, -0.15) is 0 Å². The van der Waals surface area contributed by atoms with Crippen molar-refractivity contribution in [2.75, 3.05) is 0 Å². The molecule has 0 aliphatic heterocycles. The van der Waals surface area contributed by atoms with E-state index >= 15 is 0 Å². The minimum absolute atomic E-state index is 0.454. The van der Waals surface area contributed by atoms with E-state index in [1.165, 1.54) is 0 Å². The Kier molecular flexibility index (Phi) is 3.03. The first-order valence-corrected chi connectivity index (χ1v) is 5.55. The number of halogens is 2. The molecule has 0 N–H and O–H groups in total. The van der Waals surface area contributed by atoms with Gasteiger partial charge in [0.25, 0.3) is 0 Å². The Hall–Kier alpha value is -1.25. The molecule has 1 heterocycles. The number of rotatable bonds is 2. The van der Waals surface area contributed by atoms with Crippen molar-refractivity contribution >= 4 is 5.57 Å². The van der Waals surface area contributed by atoms with Gasteiger partial charge >= 0.3 is 0 Å². The molecule has 0 spiro atoms. The van der Waals surface area contributed by atoms with Crippen LogP contribution in [0.25, 0.3) is 5.57 Å². The van der Waals surface area contributed by atoms with E-state index in [1.807, 2.05) is 24.3 Å². The molecule has 0 fully saturated rings. The van der Waals surface area contributed by atoms with Crippen LogP contribution in [0.1, 0.15) is 31.9 Å². The standard InChI is InChI=1S/C13H15F2N/c1-13(14,15)11-7-5-10(6-8-11)12-4-2-3-9-16-12/h2-5,9,11H,6-8H2,1H3. The Balaban J connectivity index is 2.10.